The summed E-state index contributed by atoms with van der Waals surface area (Å²) in [5, 5.41) is 12.1. The monoisotopic (exact) mass is 267 g/mol. The fourth-order valence-corrected chi connectivity index (χ4v) is 1.77. The molecule has 2 rings (SSSR count). The second-order valence-electron chi connectivity index (χ2n) is 4.37. The molecule has 0 bridgehead atoms. The van der Waals surface area contributed by atoms with Gasteiger partial charge in [0.1, 0.15) is 18.2 Å². The second-order valence-corrected chi connectivity index (χ2v) is 4.37. The molecule has 0 unspecified atom stereocenters. The number of ether oxygens (including phenoxy) is 1. The highest BCUT2D eigenvalue weighted by Crippen LogP contribution is 2.17. The molecule has 0 saturated carbocycles. The number of pyridine rings is 1. The first-order valence-electron chi connectivity index (χ1n) is 6.64. The van der Waals surface area contributed by atoms with Gasteiger partial charge in [-0.15, -0.1) is 0 Å². The van der Waals surface area contributed by atoms with Crippen molar-refractivity contribution in [3.63, 3.8) is 0 Å². The van der Waals surface area contributed by atoms with Crippen LogP contribution in [0.5, 0.6) is 5.75 Å². The lowest BCUT2D eigenvalue weighted by Gasteiger charge is -2.11. The number of nitriles is 1. The third kappa shape index (κ3) is 3.72. The smallest absolute Gasteiger partial charge is 0.132 e. The SMILES string of the molecule is CCCNc1ncccc1COc1cccc(C#N)c1. The molecule has 0 aliphatic carbocycles. The van der Waals surface area contributed by atoms with E-state index in [1.807, 2.05) is 24.3 Å². The molecule has 1 N–H and O–H groups in total. The Morgan fingerprint density at radius 2 is 2.20 bits per heavy atom. The first-order valence-corrected chi connectivity index (χ1v) is 6.64. The molecule has 20 heavy (non-hydrogen) atoms. The summed E-state index contributed by atoms with van der Waals surface area (Å²) >= 11 is 0. The van der Waals surface area contributed by atoms with Gasteiger partial charge in [-0.1, -0.05) is 19.1 Å². The van der Waals surface area contributed by atoms with Crippen molar-refractivity contribution in [2.45, 2.75) is 20.0 Å². The summed E-state index contributed by atoms with van der Waals surface area (Å²) in [6, 6.07) is 13.1. The average Bonchev–Trinajstić information content (AvgIpc) is 2.52. The summed E-state index contributed by atoms with van der Waals surface area (Å²) in [5.74, 6) is 1.54. The minimum atomic E-state index is 0.425. The Hall–Kier alpha value is -2.54. The maximum Gasteiger partial charge on any atom is 0.132 e. The van der Waals surface area contributed by atoms with Gasteiger partial charge in [-0.25, -0.2) is 4.98 Å². The van der Waals surface area contributed by atoms with Crippen LogP contribution in [-0.2, 0) is 6.61 Å². The van der Waals surface area contributed by atoms with Crippen LogP contribution < -0.4 is 10.1 Å². The van der Waals surface area contributed by atoms with Crippen LogP contribution in [0.4, 0.5) is 5.82 Å². The third-order valence-corrected chi connectivity index (χ3v) is 2.79. The van der Waals surface area contributed by atoms with Crippen LogP contribution in [0.2, 0.25) is 0 Å². The molecule has 0 aliphatic rings. The zero-order valence-electron chi connectivity index (χ0n) is 11.5. The van der Waals surface area contributed by atoms with Crippen molar-refractivity contribution in [2.24, 2.45) is 0 Å². The molecule has 1 heterocycles. The minimum Gasteiger partial charge on any atom is -0.489 e. The van der Waals surface area contributed by atoms with Gasteiger partial charge in [0.25, 0.3) is 0 Å². The number of anilines is 1. The molecule has 4 nitrogen and oxygen atoms in total. The van der Waals surface area contributed by atoms with Gasteiger partial charge in [0.05, 0.1) is 11.6 Å². The van der Waals surface area contributed by atoms with E-state index in [0.29, 0.717) is 17.9 Å². The zero-order chi connectivity index (χ0) is 14.2. The summed E-state index contributed by atoms with van der Waals surface area (Å²) in [6.45, 7) is 3.42. The molecule has 2 aromatic rings. The van der Waals surface area contributed by atoms with Gasteiger partial charge in [0, 0.05) is 18.3 Å². The van der Waals surface area contributed by atoms with Crippen molar-refractivity contribution in [3.05, 3.63) is 53.7 Å². The van der Waals surface area contributed by atoms with E-state index in [1.165, 1.54) is 0 Å². The predicted octanol–water partition coefficient (Wildman–Crippen LogP) is 3.35. The molecule has 4 heteroatoms. The van der Waals surface area contributed by atoms with Crippen LogP contribution >= 0.6 is 0 Å². The van der Waals surface area contributed by atoms with Crippen LogP contribution in [0.25, 0.3) is 0 Å². The Morgan fingerprint density at radius 1 is 1.30 bits per heavy atom. The molecule has 0 aliphatic heterocycles. The predicted molar refractivity (Wildman–Crippen MR) is 78.5 cm³/mol. The number of nitrogens with one attached hydrogen (secondary N) is 1. The van der Waals surface area contributed by atoms with Crippen molar-refractivity contribution in [3.8, 4) is 11.8 Å². The Balaban J connectivity index is 2.05. The van der Waals surface area contributed by atoms with Crippen molar-refractivity contribution < 1.29 is 4.74 Å². The first kappa shape index (κ1) is 13.9. The molecule has 1 aromatic heterocycles. The van der Waals surface area contributed by atoms with Gasteiger partial charge < -0.3 is 10.1 Å². The lowest BCUT2D eigenvalue weighted by Crippen LogP contribution is -2.07. The molecule has 0 amide bonds. The van der Waals surface area contributed by atoms with Gasteiger partial charge in [0.2, 0.25) is 0 Å². The van der Waals surface area contributed by atoms with Crippen LogP contribution in [0.3, 0.4) is 0 Å². The molecule has 0 atom stereocenters. The van der Waals surface area contributed by atoms with Crippen molar-refractivity contribution in [1.82, 2.24) is 4.98 Å². The van der Waals surface area contributed by atoms with E-state index < -0.39 is 0 Å². The first-order chi connectivity index (χ1) is 9.83. The molecule has 0 fully saturated rings. The Kier molecular flexibility index (Phi) is 4.96. The van der Waals surface area contributed by atoms with Crippen LogP contribution in [-0.4, -0.2) is 11.5 Å². The van der Waals surface area contributed by atoms with E-state index in [1.54, 1.807) is 18.3 Å². The Bertz CT molecular complexity index is 605. The van der Waals surface area contributed by atoms with Gasteiger partial charge >= 0.3 is 0 Å². The Labute approximate surface area is 119 Å². The van der Waals surface area contributed by atoms with E-state index in [0.717, 1.165) is 24.3 Å². The summed E-state index contributed by atoms with van der Waals surface area (Å²) in [4.78, 5) is 4.32. The van der Waals surface area contributed by atoms with Crippen molar-refractivity contribution in [2.75, 3.05) is 11.9 Å². The van der Waals surface area contributed by atoms with E-state index in [9.17, 15) is 0 Å². The largest absolute Gasteiger partial charge is 0.489 e. The maximum atomic E-state index is 8.86. The third-order valence-electron chi connectivity index (χ3n) is 2.79. The average molecular weight is 267 g/mol. The van der Waals surface area contributed by atoms with Crippen LogP contribution in [0.1, 0.15) is 24.5 Å². The fourth-order valence-electron chi connectivity index (χ4n) is 1.77. The highest BCUT2D eigenvalue weighted by atomic mass is 16.5. The summed E-state index contributed by atoms with van der Waals surface area (Å²) in [7, 11) is 0. The maximum absolute atomic E-state index is 8.86. The number of nitrogens with zero attached hydrogens (tertiary/aromatic N) is 2. The molecule has 102 valence electrons. The van der Waals surface area contributed by atoms with E-state index in [2.05, 4.69) is 23.3 Å². The molecule has 0 radical (unpaired) electrons. The lowest BCUT2D eigenvalue weighted by atomic mass is 10.2. The summed E-state index contributed by atoms with van der Waals surface area (Å²) in [6.07, 6.45) is 2.80. The van der Waals surface area contributed by atoms with Crippen LogP contribution in [0.15, 0.2) is 42.6 Å². The van der Waals surface area contributed by atoms with Gasteiger partial charge in [-0.3, -0.25) is 0 Å². The molecule has 1 aromatic carbocycles. The number of aromatic nitrogens is 1. The van der Waals surface area contributed by atoms with E-state index in [4.69, 9.17) is 10.00 Å². The van der Waals surface area contributed by atoms with E-state index >= 15 is 0 Å². The van der Waals surface area contributed by atoms with Crippen molar-refractivity contribution in [1.29, 1.82) is 5.26 Å². The standard InChI is InChI=1S/C16H17N3O/c1-2-8-18-16-14(6-4-9-19-16)12-20-15-7-3-5-13(10-15)11-17/h3-7,9-10H,2,8,12H2,1H3,(H,18,19). The highest BCUT2D eigenvalue weighted by molar-refractivity contribution is 5.43. The van der Waals surface area contributed by atoms with Crippen molar-refractivity contribution >= 4 is 5.82 Å². The highest BCUT2D eigenvalue weighted by Gasteiger charge is 2.04. The Morgan fingerprint density at radius 3 is 3.00 bits per heavy atom. The minimum absolute atomic E-state index is 0.425. The number of benzene rings is 1. The molecular formula is C16H17N3O. The molecule has 0 saturated heterocycles. The topological polar surface area (TPSA) is 57.9 Å². The lowest BCUT2D eigenvalue weighted by molar-refractivity contribution is 0.306. The van der Waals surface area contributed by atoms with Gasteiger partial charge in [-0.05, 0) is 30.7 Å². The quantitative estimate of drug-likeness (QED) is 0.872. The summed E-state index contributed by atoms with van der Waals surface area (Å²) < 4.78 is 5.72. The normalized spacial score (nSPS) is 9.80. The fraction of sp³-hybridized carbons (Fsp3) is 0.250. The number of hydrogen-bond donors (Lipinski definition) is 1. The van der Waals surface area contributed by atoms with E-state index in [-0.39, 0.29) is 0 Å². The molecule has 0 spiro atoms. The number of hydrogen-bond acceptors (Lipinski definition) is 4. The zero-order valence-corrected chi connectivity index (χ0v) is 11.5. The van der Waals surface area contributed by atoms with Crippen LogP contribution in [0, 0.1) is 11.3 Å². The van der Waals surface area contributed by atoms with Gasteiger partial charge in [0.15, 0.2) is 0 Å². The molecular weight excluding hydrogens is 250 g/mol. The number of rotatable bonds is 6. The summed E-state index contributed by atoms with van der Waals surface area (Å²) in [5.41, 5.74) is 1.60. The van der Waals surface area contributed by atoms with Gasteiger partial charge in [-0.2, -0.15) is 5.26 Å². The second kappa shape index (κ2) is 7.15.